The Kier molecular flexibility index (Phi) is 3.51. The highest BCUT2D eigenvalue weighted by Crippen LogP contribution is 2.19. The van der Waals surface area contributed by atoms with E-state index in [1.54, 1.807) is 6.07 Å². The molecule has 2 aromatic carbocycles. The van der Waals surface area contributed by atoms with Gasteiger partial charge in [-0.3, -0.25) is 0 Å². The molecule has 3 aromatic rings. The van der Waals surface area contributed by atoms with E-state index in [-0.39, 0.29) is 0 Å². The standard InChI is InChI=1S/C17H14N2O2/c20-17(21)19-11-10-16(18-19)15-8-6-14(7-9-15)12-13-4-2-1-3-5-13/h1-11H,12H2,(H,20,21). The van der Waals surface area contributed by atoms with Gasteiger partial charge in [-0.15, -0.1) is 0 Å². The second-order valence-electron chi connectivity index (χ2n) is 4.79. The van der Waals surface area contributed by atoms with Crippen LogP contribution < -0.4 is 0 Å². The van der Waals surface area contributed by atoms with Crippen LogP contribution in [-0.4, -0.2) is 21.0 Å². The van der Waals surface area contributed by atoms with Crippen molar-refractivity contribution in [1.82, 2.24) is 9.78 Å². The molecule has 0 aliphatic heterocycles. The van der Waals surface area contributed by atoms with Crippen LogP contribution in [0.5, 0.6) is 0 Å². The maximum atomic E-state index is 10.8. The summed E-state index contributed by atoms with van der Waals surface area (Å²) in [7, 11) is 0. The van der Waals surface area contributed by atoms with Crippen molar-refractivity contribution in [3.63, 3.8) is 0 Å². The molecule has 4 nitrogen and oxygen atoms in total. The van der Waals surface area contributed by atoms with Crippen molar-refractivity contribution in [2.75, 3.05) is 0 Å². The van der Waals surface area contributed by atoms with E-state index in [0.717, 1.165) is 16.7 Å². The van der Waals surface area contributed by atoms with Crippen LogP contribution >= 0.6 is 0 Å². The minimum atomic E-state index is -1.08. The van der Waals surface area contributed by atoms with E-state index in [2.05, 4.69) is 17.2 Å². The van der Waals surface area contributed by atoms with Gasteiger partial charge >= 0.3 is 6.09 Å². The highest BCUT2D eigenvalue weighted by molar-refractivity contribution is 5.69. The van der Waals surface area contributed by atoms with E-state index in [4.69, 9.17) is 5.11 Å². The molecular weight excluding hydrogens is 264 g/mol. The topological polar surface area (TPSA) is 55.1 Å². The lowest BCUT2D eigenvalue weighted by Crippen LogP contribution is -2.07. The molecule has 0 saturated heterocycles. The van der Waals surface area contributed by atoms with E-state index in [0.29, 0.717) is 5.69 Å². The number of benzene rings is 2. The quantitative estimate of drug-likeness (QED) is 0.795. The van der Waals surface area contributed by atoms with E-state index < -0.39 is 6.09 Å². The number of aromatic nitrogens is 2. The number of carbonyl (C=O) groups is 1. The van der Waals surface area contributed by atoms with Crippen molar-refractivity contribution < 1.29 is 9.90 Å². The molecule has 0 aliphatic carbocycles. The summed E-state index contributed by atoms with van der Waals surface area (Å²) in [6, 6.07) is 20.0. The van der Waals surface area contributed by atoms with Crippen LogP contribution in [0.25, 0.3) is 11.3 Å². The number of hydrogen-bond acceptors (Lipinski definition) is 2. The number of nitrogens with zero attached hydrogens (tertiary/aromatic N) is 2. The molecule has 0 aliphatic rings. The van der Waals surface area contributed by atoms with Gasteiger partial charge in [0, 0.05) is 11.8 Å². The fraction of sp³-hybridized carbons (Fsp3) is 0.0588. The zero-order valence-electron chi connectivity index (χ0n) is 11.3. The number of carboxylic acid groups (broad SMARTS) is 1. The van der Waals surface area contributed by atoms with Crippen molar-refractivity contribution in [3.05, 3.63) is 78.0 Å². The molecule has 1 heterocycles. The van der Waals surface area contributed by atoms with Gasteiger partial charge in [0.1, 0.15) is 0 Å². The van der Waals surface area contributed by atoms with Crippen LogP contribution in [-0.2, 0) is 6.42 Å². The monoisotopic (exact) mass is 278 g/mol. The Balaban J connectivity index is 1.78. The van der Waals surface area contributed by atoms with Gasteiger partial charge in [0.15, 0.2) is 0 Å². The normalized spacial score (nSPS) is 10.5. The van der Waals surface area contributed by atoms with Gasteiger partial charge in [-0.1, -0.05) is 54.6 Å². The lowest BCUT2D eigenvalue weighted by atomic mass is 10.0. The van der Waals surface area contributed by atoms with Gasteiger partial charge in [0.25, 0.3) is 0 Å². The van der Waals surface area contributed by atoms with Crippen molar-refractivity contribution in [2.24, 2.45) is 0 Å². The number of hydrogen-bond donors (Lipinski definition) is 1. The van der Waals surface area contributed by atoms with Crippen molar-refractivity contribution in [2.45, 2.75) is 6.42 Å². The van der Waals surface area contributed by atoms with Crippen molar-refractivity contribution in [1.29, 1.82) is 0 Å². The molecule has 0 amide bonds. The molecule has 0 saturated carbocycles. The molecular formula is C17H14N2O2. The fourth-order valence-corrected chi connectivity index (χ4v) is 2.21. The molecule has 0 unspecified atom stereocenters. The van der Waals surface area contributed by atoms with Gasteiger partial charge in [0.05, 0.1) is 5.69 Å². The SMILES string of the molecule is O=C(O)n1ccc(-c2ccc(Cc3ccccc3)cc2)n1. The third kappa shape index (κ3) is 3.00. The molecule has 3 rings (SSSR count). The van der Waals surface area contributed by atoms with Crippen LogP contribution in [0.1, 0.15) is 11.1 Å². The highest BCUT2D eigenvalue weighted by atomic mass is 16.4. The second-order valence-corrected chi connectivity index (χ2v) is 4.79. The number of rotatable bonds is 3. The Morgan fingerprint density at radius 2 is 1.62 bits per heavy atom. The predicted octanol–water partition coefficient (Wildman–Crippen LogP) is 3.67. The zero-order chi connectivity index (χ0) is 14.7. The zero-order valence-corrected chi connectivity index (χ0v) is 11.3. The Bertz CT molecular complexity index is 746. The molecule has 21 heavy (non-hydrogen) atoms. The molecule has 104 valence electrons. The van der Waals surface area contributed by atoms with Crippen LogP contribution in [0.15, 0.2) is 66.9 Å². The molecule has 0 bridgehead atoms. The van der Waals surface area contributed by atoms with Crippen LogP contribution in [0, 0.1) is 0 Å². The summed E-state index contributed by atoms with van der Waals surface area (Å²) in [4.78, 5) is 10.8. The molecule has 0 atom stereocenters. The van der Waals surface area contributed by atoms with E-state index in [9.17, 15) is 4.79 Å². The van der Waals surface area contributed by atoms with E-state index in [1.165, 1.54) is 17.3 Å². The van der Waals surface area contributed by atoms with Crippen LogP contribution in [0.4, 0.5) is 4.79 Å². The van der Waals surface area contributed by atoms with E-state index in [1.807, 2.05) is 42.5 Å². The van der Waals surface area contributed by atoms with Crippen molar-refractivity contribution in [3.8, 4) is 11.3 Å². The maximum Gasteiger partial charge on any atom is 0.432 e. The smallest absolute Gasteiger partial charge is 0.432 e. The summed E-state index contributed by atoms with van der Waals surface area (Å²) >= 11 is 0. The highest BCUT2D eigenvalue weighted by Gasteiger charge is 2.06. The van der Waals surface area contributed by atoms with Gasteiger partial charge < -0.3 is 5.11 Å². The maximum absolute atomic E-state index is 10.8. The van der Waals surface area contributed by atoms with E-state index >= 15 is 0 Å². The summed E-state index contributed by atoms with van der Waals surface area (Å²) in [6.45, 7) is 0. The lowest BCUT2D eigenvalue weighted by molar-refractivity contribution is 0.192. The van der Waals surface area contributed by atoms with Gasteiger partial charge in [0.2, 0.25) is 0 Å². The first kappa shape index (κ1) is 13.1. The average Bonchev–Trinajstić information content (AvgIpc) is 2.99. The second kappa shape index (κ2) is 5.63. The van der Waals surface area contributed by atoms with Gasteiger partial charge in [-0.2, -0.15) is 9.78 Å². The third-order valence-electron chi connectivity index (χ3n) is 3.29. The van der Waals surface area contributed by atoms with Crippen LogP contribution in [0.3, 0.4) is 0 Å². The first-order valence-corrected chi connectivity index (χ1v) is 6.64. The molecule has 0 radical (unpaired) electrons. The fourth-order valence-electron chi connectivity index (χ4n) is 2.21. The summed E-state index contributed by atoms with van der Waals surface area (Å²) in [5.41, 5.74) is 4.04. The lowest BCUT2D eigenvalue weighted by Gasteiger charge is -2.03. The Labute approximate surface area is 122 Å². The minimum Gasteiger partial charge on any atom is -0.463 e. The van der Waals surface area contributed by atoms with Crippen LogP contribution in [0.2, 0.25) is 0 Å². The largest absolute Gasteiger partial charge is 0.463 e. The summed E-state index contributed by atoms with van der Waals surface area (Å²) in [5, 5.41) is 12.9. The van der Waals surface area contributed by atoms with Gasteiger partial charge in [-0.05, 0) is 23.6 Å². The Morgan fingerprint density at radius 3 is 2.24 bits per heavy atom. The summed E-state index contributed by atoms with van der Waals surface area (Å²) in [6.07, 6.45) is 1.24. The minimum absolute atomic E-state index is 0.656. The first-order chi connectivity index (χ1) is 10.2. The Morgan fingerprint density at radius 1 is 0.952 bits per heavy atom. The first-order valence-electron chi connectivity index (χ1n) is 6.64. The average molecular weight is 278 g/mol. The molecule has 1 aromatic heterocycles. The summed E-state index contributed by atoms with van der Waals surface area (Å²) < 4.78 is 0.910. The molecule has 4 heteroatoms. The predicted molar refractivity (Wildman–Crippen MR) is 80.3 cm³/mol. The summed E-state index contributed by atoms with van der Waals surface area (Å²) in [5.74, 6) is 0. The molecule has 0 fully saturated rings. The molecule has 1 N–H and O–H groups in total. The van der Waals surface area contributed by atoms with Gasteiger partial charge in [-0.25, -0.2) is 4.79 Å². The molecule has 0 spiro atoms. The third-order valence-corrected chi connectivity index (χ3v) is 3.29. The Hall–Kier alpha value is -2.88. The van der Waals surface area contributed by atoms with Crippen molar-refractivity contribution >= 4 is 6.09 Å².